The highest BCUT2D eigenvalue weighted by Gasteiger charge is 2.21. The third-order valence-electron chi connectivity index (χ3n) is 13.0. The number of hydrogen-bond acceptors (Lipinski definition) is 1. The van der Waals surface area contributed by atoms with Gasteiger partial charge in [-0.05, 0) is 127 Å². The first-order chi connectivity index (χ1) is 32.7. The summed E-state index contributed by atoms with van der Waals surface area (Å²) in [7, 11) is 0. The van der Waals surface area contributed by atoms with Crippen LogP contribution in [0.25, 0.3) is 93.9 Å². The van der Waals surface area contributed by atoms with Gasteiger partial charge in [0.05, 0.1) is 11.0 Å². The molecule has 0 saturated carbocycles. The van der Waals surface area contributed by atoms with Crippen molar-refractivity contribution in [3.8, 4) is 61.3 Å². The Morgan fingerprint density at radius 2 is 0.712 bits per heavy atom. The highest BCUT2D eigenvalue weighted by molar-refractivity contribution is 6.09. The number of hydrogen-bond donors (Lipinski definition) is 0. The summed E-state index contributed by atoms with van der Waals surface area (Å²) >= 11 is 0. The molecule has 0 N–H and O–H groups in total. The number of anilines is 3. The van der Waals surface area contributed by atoms with E-state index >= 15 is 0 Å². The van der Waals surface area contributed by atoms with E-state index in [0.717, 1.165) is 33.9 Å². The summed E-state index contributed by atoms with van der Waals surface area (Å²) in [5, 5.41) is 4.95. The first-order valence-corrected chi connectivity index (χ1v) is 22.7. The Morgan fingerprint density at radius 3 is 1.41 bits per heavy atom. The zero-order chi connectivity index (χ0) is 43.8. The first-order valence-electron chi connectivity index (χ1n) is 22.7. The Balaban J connectivity index is 1.07. The van der Waals surface area contributed by atoms with Gasteiger partial charge in [0.15, 0.2) is 0 Å². The molecule has 0 amide bonds. The zero-order valence-electron chi connectivity index (χ0n) is 36.3. The van der Waals surface area contributed by atoms with Gasteiger partial charge < -0.3 is 9.47 Å². The van der Waals surface area contributed by atoms with E-state index in [0.29, 0.717) is 0 Å². The van der Waals surface area contributed by atoms with Crippen LogP contribution in [-0.2, 0) is 0 Å². The van der Waals surface area contributed by atoms with Crippen LogP contribution >= 0.6 is 0 Å². The third kappa shape index (κ3) is 7.02. The molecule has 0 saturated heterocycles. The molecule has 310 valence electrons. The summed E-state index contributed by atoms with van der Waals surface area (Å²) in [6.45, 7) is 0. The molecule has 12 rings (SSSR count). The van der Waals surface area contributed by atoms with Crippen molar-refractivity contribution in [3.63, 3.8) is 0 Å². The van der Waals surface area contributed by atoms with Gasteiger partial charge in [-0.15, -0.1) is 0 Å². The molecule has 2 heteroatoms. The normalized spacial score (nSPS) is 11.3. The number of nitrogens with zero attached hydrogens (tertiary/aromatic N) is 2. The lowest BCUT2D eigenvalue weighted by Gasteiger charge is -2.27. The van der Waals surface area contributed by atoms with Crippen LogP contribution in [0.3, 0.4) is 0 Å². The van der Waals surface area contributed by atoms with Gasteiger partial charge in [0.25, 0.3) is 0 Å². The first kappa shape index (κ1) is 38.9. The highest BCUT2D eigenvalue weighted by atomic mass is 15.1. The van der Waals surface area contributed by atoms with Crippen LogP contribution in [0.5, 0.6) is 0 Å². The van der Waals surface area contributed by atoms with Gasteiger partial charge in [0.2, 0.25) is 0 Å². The molecule has 1 heterocycles. The molecule has 12 aromatic rings. The van der Waals surface area contributed by atoms with Crippen molar-refractivity contribution < 1.29 is 0 Å². The van der Waals surface area contributed by atoms with Crippen molar-refractivity contribution in [2.45, 2.75) is 0 Å². The minimum absolute atomic E-state index is 1.06. The number of fused-ring (bicyclic) bond motifs is 4. The maximum absolute atomic E-state index is 2.42. The predicted molar refractivity (Wildman–Crippen MR) is 280 cm³/mol. The molecule has 1 aromatic heterocycles. The highest BCUT2D eigenvalue weighted by Crippen LogP contribution is 2.46. The third-order valence-corrected chi connectivity index (χ3v) is 13.0. The Bertz CT molecular complexity index is 3660. The fraction of sp³-hybridized carbons (Fsp3) is 0. The van der Waals surface area contributed by atoms with Crippen LogP contribution < -0.4 is 4.90 Å². The Labute approximate surface area is 385 Å². The molecular weight excluding hydrogens is 797 g/mol. The quantitative estimate of drug-likeness (QED) is 0.141. The van der Waals surface area contributed by atoms with Crippen LogP contribution in [-0.4, -0.2) is 4.57 Å². The van der Waals surface area contributed by atoms with Crippen LogP contribution in [0.15, 0.2) is 267 Å². The molecule has 0 unspecified atom stereocenters. The molecule has 0 atom stereocenters. The minimum atomic E-state index is 1.06. The van der Waals surface area contributed by atoms with Crippen molar-refractivity contribution in [2.75, 3.05) is 4.90 Å². The van der Waals surface area contributed by atoms with E-state index in [2.05, 4.69) is 276 Å². The maximum atomic E-state index is 2.42. The van der Waals surface area contributed by atoms with Crippen LogP contribution in [0, 0.1) is 0 Å². The van der Waals surface area contributed by atoms with Crippen molar-refractivity contribution in [3.05, 3.63) is 267 Å². The Hall–Kier alpha value is -8.72. The predicted octanol–water partition coefficient (Wildman–Crippen LogP) is 17.7. The number of rotatable bonds is 9. The summed E-state index contributed by atoms with van der Waals surface area (Å²) in [5.74, 6) is 0. The van der Waals surface area contributed by atoms with E-state index in [-0.39, 0.29) is 0 Å². The number of aromatic nitrogens is 1. The second-order valence-electron chi connectivity index (χ2n) is 16.9. The molecule has 2 nitrogen and oxygen atoms in total. The van der Waals surface area contributed by atoms with Crippen LogP contribution in [0.2, 0.25) is 0 Å². The largest absolute Gasteiger partial charge is 0.310 e. The molecule has 0 radical (unpaired) electrons. The van der Waals surface area contributed by atoms with Crippen molar-refractivity contribution in [2.24, 2.45) is 0 Å². The number of benzene rings is 11. The number of para-hydroxylation sites is 2. The smallest absolute Gasteiger partial charge is 0.0541 e. The van der Waals surface area contributed by atoms with Gasteiger partial charge >= 0.3 is 0 Å². The second kappa shape index (κ2) is 16.8. The SMILES string of the molecule is c1ccc(-c2ccccc2-c2c(-c3ccccc3)cccc2-c2cccc(N(c3cccc(-c4ccc5ccccc5c4)c3)c3cccc(-n4c5ccccc5c5ccccc54)c3)c2)cc1. The summed E-state index contributed by atoms with van der Waals surface area (Å²) in [4.78, 5) is 2.42. The van der Waals surface area contributed by atoms with E-state index < -0.39 is 0 Å². The lowest BCUT2D eigenvalue weighted by Crippen LogP contribution is -2.11. The van der Waals surface area contributed by atoms with Crippen LogP contribution in [0.1, 0.15) is 0 Å². The molecule has 66 heavy (non-hydrogen) atoms. The van der Waals surface area contributed by atoms with Gasteiger partial charge in [-0.25, -0.2) is 0 Å². The summed E-state index contributed by atoms with van der Waals surface area (Å²) in [6, 6.07) is 97.1. The average molecular weight is 841 g/mol. The fourth-order valence-electron chi connectivity index (χ4n) is 9.94. The molecule has 0 spiro atoms. The summed E-state index contributed by atoms with van der Waals surface area (Å²) in [6.07, 6.45) is 0. The zero-order valence-corrected chi connectivity index (χ0v) is 36.3. The minimum Gasteiger partial charge on any atom is -0.310 e. The summed E-state index contributed by atoms with van der Waals surface area (Å²) < 4.78 is 2.40. The van der Waals surface area contributed by atoms with Crippen molar-refractivity contribution in [1.29, 1.82) is 0 Å². The fourth-order valence-corrected chi connectivity index (χ4v) is 9.94. The molecule has 0 aliphatic rings. The van der Waals surface area contributed by atoms with E-state index in [9.17, 15) is 0 Å². The van der Waals surface area contributed by atoms with Gasteiger partial charge in [-0.2, -0.15) is 0 Å². The lowest BCUT2D eigenvalue weighted by molar-refractivity contribution is 1.17. The van der Waals surface area contributed by atoms with Gasteiger partial charge in [0.1, 0.15) is 0 Å². The lowest BCUT2D eigenvalue weighted by atomic mass is 9.84. The molecule has 0 bridgehead atoms. The molecular formula is C64H44N2. The molecule has 0 aliphatic carbocycles. The topological polar surface area (TPSA) is 8.17 Å². The van der Waals surface area contributed by atoms with E-state index in [4.69, 9.17) is 0 Å². The van der Waals surface area contributed by atoms with Crippen LogP contribution in [0.4, 0.5) is 17.1 Å². The standard InChI is InChI=1S/C64H44N2/c1-3-20-46(21-4-1)56-31-9-10-34-61(56)64-57(47-22-5-2-6-23-47)35-18-36-58(64)51-26-16-28-53(43-51)65(52-27-15-25-49(42-52)50-40-39-45-19-7-8-24-48(45)41-50)54-29-17-30-55(44-54)66-62-37-13-11-32-59(62)60-33-12-14-38-63(60)66/h1-44H. The Kier molecular flexibility index (Phi) is 9.89. The monoisotopic (exact) mass is 840 g/mol. The van der Waals surface area contributed by atoms with Gasteiger partial charge in [-0.1, -0.05) is 206 Å². The summed E-state index contributed by atoms with van der Waals surface area (Å²) in [5.41, 5.74) is 18.5. The van der Waals surface area contributed by atoms with E-state index in [1.165, 1.54) is 77.1 Å². The average Bonchev–Trinajstić information content (AvgIpc) is 3.74. The Morgan fingerprint density at radius 1 is 0.258 bits per heavy atom. The second-order valence-corrected chi connectivity index (χ2v) is 16.9. The van der Waals surface area contributed by atoms with Crippen molar-refractivity contribution >= 4 is 49.6 Å². The van der Waals surface area contributed by atoms with Gasteiger partial charge in [-0.3, -0.25) is 0 Å². The van der Waals surface area contributed by atoms with Crippen molar-refractivity contribution in [1.82, 2.24) is 4.57 Å². The maximum Gasteiger partial charge on any atom is 0.0541 e. The van der Waals surface area contributed by atoms with E-state index in [1.807, 2.05) is 0 Å². The molecule has 0 aliphatic heterocycles. The molecule has 0 fully saturated rings. The van der Waals surface area contributed by atoms with Gasteiger partial charge in [0, 0.05) is 33.5 Å². The van der Waals surface area contributed by atoms with E-state index in [1.54, 1.807) is 0 Å². The molecule has 11 aromatic carbocycles.